The van der Waals surface area contributed by atoms with E-state index in [1.54, 1.807) is 48.5 Å². The van der Waals surface area contributed by atoms with Gasteiger partial charge in [-0.25, -0.2) is 0 Å². The van der Waals surface area contributed by atoms with Gasteiger partial charge in [-0.05, 0) is 35.4 Å². The molecule has 2 aromatic rings. The van der Waals surface area contributed by atoms with Gasteiger partial charge < -0.3 is 19.6 Å². The maximum atomic E-state index is 13.3. The summed E-state index contributed by atoms with van der Waals surface area (Å²) in [6, 6.07) is 12.7. The molecule has 0 saturated carbocycles. The normalized spacial score (nSPS) is 18.3. The van der Waals surface area contributed by atoms with Crippen molar-refractivity contribution >= 4 is 29.1 Å². The standard InChI is InChI=1S/C23H25ClN2O4/c1-25(2)12-5-13-26-20(15-8-10-17(24)11-9-15)19(22(28)23(26)29)21(27)16-6-4-7-18(14-16)30-3/h4,6-11,14,20,27H,5,12-13H2,1-3H3/b21-19+. The Bertz CT molecular complexity index is 969. The second-order valence-corrected chi connectivity index (χ2v) is 8.00. The van der Waals surface area contributed by atoms with Gasteiger partial charge in [-0.2, -0.15) is 0 Å². The number of hydrogen-bond acceptors (Lipinski definition) is 4. The number of carbonyl (C=O) groups excluding carboxylic acids is 2. The van der Waals surface area contributed by atoms with E-state index in [-0.39, 0.29) is 5.57 Å². The predicted octanol–water partition coefficient (Wildman–Crippen LogP) is 1.11. The van der Waals surface area contributed by atoms with Crippen molar-refractivity contribution in [1.82, 2.24) is 4.90 Å². The molecule has 6 nitrogen and oxygen atoms in total. The second-order valence-electron chi connectivity index (χ2n) is 7.57. The number of carbonyl (C=O) groups is 2. The van der Waals surface area contributed by atoms with E-state index in [1.807, 2.05) is 14.1 Å². The lowest BCUT2D eigenvalue weighted by atomic mass is 9.95. The van der Waals surface area contributed by atoms with Crippen LogP contribution in [0.25, 0.3) is 5.76 Å². The molecule has 1 fully saturated rings. The van der Waals surface area contributed by atoms with Gasteiger partial charge in [0, 0.05) is 23.6 Å². The fourth-order valence-electron chi connectivity index (χ4n) is 3.62. The molecule has 0 bridgehead atoms. The van der Waals surface area contributed by atoms with Crippen LogP contribution in [0, 0.1) is 0 Å². The van der Waals surface area contributed by atoms with Crippen LogP contribution in [0.3, 0.4) is 0 Å². The van der Waals surface area contributed by atoms with Crippen molar-refractivity contribution in [1.29, 1.82) is 0 Å². The highest BCUT2D eigenvalue weighted by Gasteiger charge is 2.43. The highest BCUT2D eigenvalue weighted by molar-refractivity contribution is 6.46. The van der Waals surface area contributed by atoms with Crippen LogP contribution in [-0.4, -0.2) is 50.9 Å². The van der Waals surface area contributed by atoms with Crippen molar-refractivity contribution < 1.29 is 24.3 Å². The number of quaternary nitrogens is 1. The Morgan fingerprint density at radius 1 is 1.17 bits per heavy atom. The summed E-state index contributed by atoms with van der Waals surface area (Å²) in [6.45, 7) is 1.22. The monoisotopic (exact) mass is 428 g/mol. The number of rotatable bonds is 7. The minimum Gasteiger partial charge on any atom is -0.872 e. The Morgan fingerprint density at radius 2 is 1.87 bits per heavy atom. The van der Waals surface area contributed by atoms with Crippen LogP contribution in [0.5, 0.6) is 5.75 Å². The number of Topliss-reactive ketones (excluding diaryl/α,β-unsaturated/α-hetero) is 1. The van der Waals surface area contributed by atoms with E-state index in [1.165, 1.54) is 16.9 Å². The van der Waals surface area contributed by atoms with Crippen LogP contribution >= 0.6 is 11.6 Å². The number of nitrogens with one attached hydrogen (secondary N) is 1. The largest absolute Gasteiger partial charge is 0.872 e. The number of ether oxygens (including phenoxy) is 1. The smallest absolute Gasteiger partial charge is 0.295 e. The Hall–Kier alpha value is -2.83. The minimum atomic E-state index is -0.750. The zero-order valence-corrected chi connectivity index (χ0v) is 18.0. The molecule has 0 radical (unpaired) electrons. The molecule has 7 heteroatoms. The van der Waals surface area contributed by atoms with Crippen molar-refractivity contribution in [3.05, 3.63) is 70.3 Å². The topological polar surface area (TPSA) is 74.1 Å². The summed E-state index contributed by atoms with van der Waals surface area (Å²) >= 11 is 6.02. The Kier molecular flexibility index (Phi) is 6.80. The van der Waals surface area contributed by atoms with Crippen LogP contribution in [0.4, 0.5) is 0 Å². The molecule has 1 atom stereocenters. The number of methoxy groups -OCH3 is 1. The highest BCUT2D eigenvalue weighted by Crippen LogP contribution is 2.39. The maximum absolute atomic E-state index is 13.3. The Morgan fingerprint density at radius 3 is 2.50 bits per heavy atom. The Balaban J connectivity index is 2.09. The van der Waals surface area contributed by atoms with E-state index in [0.29, 0.717) is 34.9 Å². The third kappa shape index (κ3) is 4.50. The van der Waals surface area contributed by atoms with Crippen molar-refractivity contribution in [2.45, 2.75) is 12.5 Å². The molecule has 1 saturated heterocycles. The second kappa shape index (κ2) is 9.32. The molecule has 158 valence electrons. The average Bonchev–Trinajstić information content (AvgIpc) is 2.98. The van der Waals surface area contributed by atoms with Crippen molar-refractivity contribution in [2.75, 3.05) is 34.3 Å². The summed E-state index contributed by atoms with van der Waals surface area (Å²) < 4.78 is 5.20. The first kappa shape index (κ1) is 21.9. The molecular formula is C23H25ClN2O4. The zero-order valence-electron chi connectivity index (χ0n) is 17.3. The first-order chi connectivity index (χ1) is 14.3. The zero-order chi connectivity index (χ0) is 21.8. The number of amides is 1. The number of hydrogen-bond donors (Lipinski definition) is 1. The van der Waals surface area contributed by atoms with Gasteiger partial charge in [-0.3, -0.25) is 9.59 Å². The molecule has 1 amide bonds. The summed E-state index contributed by atoms with van der Waals surface area (Å²) in [5, 5.41) is 13.9. The predicted molar refractivity (Wildman–Crippen MR) is 113 cm³/mol. The maximum Gasteiger partial charge on any atom is 0.295 e. The lowest BCUT2D eigenvalue weighted by Gasteiger charge is -2.27. The van der Waals surface area contributed by atoms with E-state index in [4.69, 9.17) is 16.3 Å². The van der Waals surface area contributed by atoms with E-state index in [0.717, 1.165) is 6.54 Å². The van der Waals surface area contributed by atoms with Gasteiger partial charge in [0.05, 0.1) is 33.8 Å². The molecule has 1 aliphatic rings. The van der Waals surface area contributed by atoms with E-state index in [9.17, 15) is 14.7 Å². The number of benzene rings is 2. The molecular weight excluding hydrogens is 404 g/mol. The fraction of sp³-hybridized carbons (Fsp3) is 0.304. The first-order valence-electron chi connectivity index (χ1n) is 9.79. The summed E-state index contributed by atoms with van der Waals surface area (Å²) in [4.78, 5) is 28.5. The lowest BCUT2D eigenvalue weighted by molar-refractivity contribution is -0.858. The summed E-state index contributed by atoms with van der Waals surface area (Å²) in [5.41, 5.74) is 0.957. The minimum absolute atomic E-state index is 0.0345. The van der Waals surface area contributed by atoms with Gasteiger partial charge in [0.1, 0.15) is 5.75 Å². The van der Waals surface area contributed by atoms with Gasteiger partial charge in [-0.1, -0.05) is 41.6 Å². The van der Waals surface area contributed by atoms with E-state index >= 15 is 0 Å². The fourth-order valence-corrected chi connectivity index (χ4v) is 3.74. The number of likely N-dealkylation sites (tertiary alicyclic amines) is 1. The molecule has 3 rings (SSSR count). The van der Waals surface area contributed by atoms with Crippen LogP contribution in [0.15, 0.2) is 54.1 Å². The third-order valence-electron chi connectivity index (χ3n) is 5.12. The molecule has 1 unspecified atom stereocenters. The van der Waals surface area contributed by atoms with E-state index < -0.39 is 23.5 Å². The molecule has 1 heterocycles. The van der Waals surface area contributed by atoms with Gasteiger partial charge in [0.25, 0.3) is 5.91 Å². The van der Waals surface area contributed by atoms with Crippen LogP contribution in [0.2, 0.25) is 5.02 Å². The molecule has 2 aromatic carbocycles. The van der Waals surface area contributed by atoms with Crippen LogP contribution in [-0.2, 0) is 9.59 Å². The summed E-state index contributed by atoms with van der Waals surface area (Å²) in [7, 11) is 5.56. The van der Waals surface area contributed by atoms with Gasteiger partial charge in [-0.15, -0.1) is 0 Å². The molecule has 30 heavy (non-hydrogen) atoms. The quantitative estimate of drug-likeness (QED) is 0.407. The van der Waals surface area contributed by atoms with Crippen molar-refractivity contribution in [3.8, 4) is 5.75 Å². The van der Waals surface area contributed by atoms with Crippen molar-refractivity contribution in [3.63, 3.8) is 0 Å². The molecule has 0 aromatic heterocycles. The summed E-state index contributed by atoms with van der Waals surface area (Å²) in [6.07, 6.45) is 0.714. The average molecular weight is 429 g/mol. The van der Waals surface area contributed by atoms with Crippen LogP contribution in [0.1, 0.15) is 23.6 Å². The summed E-state index contributed by atoms with van der Waals surface area (Å²) in [5.74, 6) is -1.35. The lowest BCUT2D eigenvalue weighted by Crippen LogP contribution is -3.05. The van der Waals surface area contributed by atoms with Gasteiger partial charge >= 0.3 is 0 Å². The van der Waals surface area contributed by atoms with Gasteiger partial charge in [0.15, 0.2) is 0 Å². The van der Waals surface area contributed by atoms with Gasteiger partial charge in [0.2, 0.25) is 5.78 Å². The SMILES string of the molecule is COc1cccc(/C([O-])=C2\C(=O)C(=O)N(CCC[NH+](C)C)C2c2ccc(Cl)cc2)c1. The van der Waals surface area contributed by atoms with Crippen LogP contribution < -0.4 is 14.7 Å². The number of halogens is 1. The molecule has 1 N–H and O–H groups in total. The van der Waals surface area contributed by atoms with E-state index in [2.05, 4.69) is 0 Å². The number of nitrogens with zero attached hydrogens (tertiary/aromatic N) is 1. The molecule has 1 aliphatic heterocycles. The molecule has 0 aliphatic carbocycles. The molecule has 0 spiro atoms. The van der Waals surface area contributed by atoms with Crippen molar-refractivity contribution in [2.24, 2.45) is 0 Å². The third-order valence-corrected chi connectivity index (χ3v) is 5.37. The highest BCUT2D eigenvalue weighted by atomic mass is 35.5. The number of ketones is 1. The first-order valence-corrected chi connectivity index (χ1v) is 10.2. The Labute approximate surface area is 181 Å².